The van der Waals surface area contributed by atoms with Crippen molar-refractivity contribution in [2.24, 2.45) is 0 Å². The minimum absolute atomic E-state index is 0.366. The summed E-state index contributed by atoms with van der Waals surface area (Å²) < 4.78 is 6.91. The number of hydrogen-bond acceptors (Lipinski definition) is 0. The van der Waals surface area contributed by atoms with E-state index in [0.717, 1.165) is 0 Å². The van der Waals surface area contributed by atoms with Gasteiger partial charge in [-0.1, -0.05) is 0 Å². The number of rotatable bonds is 10. The summed E-state index contributed by atoms with van der Waals surface area (Å²) in [5.41, 5.74) is 12.1. The number of fused-ring (bicyclic) bond motifs is 2. The van der Waals surface area contributed by atoms with Crippen LogP contribution in [0.3, 0.4) is 0 Å². The van der Waals surface area contributed by atoms with Crippen molar-refractivity contribution in [2.75, 3.05) is 0 Å². The van der Waals surface area contributed by atoms with Crippen molar-refractivity contribution in [1.29, 1.82) is 0 Å². The molecule has 4 aromatic carbocycles. The third-order valence-corrected chi connectivity index (χ3v) is 63.7. The summed E-state index contributed by atoms with van der Waals surface area (Å²) in [6, 6.07) is 31.5. The molecule has 6 rings (SSSR count). The number of allylic oxidation sites excluding steroid dienone is 2. The Hall–Kier alpha value is -1.69. The molecule has 2 unspecified atom stereocenters. The summed E-state index contributed by atoms with van der Waals surface area (Å²) in [5.74, 6) is 0. The second-order valence-corrected chi connectivity index (χ2v) is 86.3. The molecule has 0 N–H and O–H groups in total. The average molecular weight is 952 g/mol. The normalized spacial score (nSPS) is 17.7. The molecule has 0 saturated heterocycles. The van der Waals surface area contributed by atoms with Crippen LogP contribution in [0.1, 0.15) is 42.9 Å². The Morgan fingerprint density at radius 1 is 0.509 bits per heavy atom. The second kappa shape index (κ2) is 14.1. The van der Waals surface area contributed by atoms with Gasteiger partial charge in [0.2, 0.25) is 0 Å². The van der Waals surface area contributed by atoms with Crippen molar-refractivity contribution in [3.63, 3.8) is 0 Å². The molecule has 4 aromatic rings. The molecule has 280 valence electrons. The fourth-order valence-electron chi connectivity index (χ4n) is 9.11. The van der Waals surface area contributed by atoms with E-state index in [4.69, 9.17) is 0 Å². The molecule has 0 fully saturated rings. The molecule has 0 amide bonds. The van der Waals surface area contributed by atoms with Crippen LogP contribution in [0.4, 0.5) is 0 Å². The molecule has 2 aliphatic rings. The van der Waals surface area contributed by atoms with Crippen molar-refractivity contribution in [2.45, 2.75) is 115 Å². The van der Waals surface area contributed by atoms with Crippen LogP contribution in [0.2, 0.25) is 94.0 Å². The van der Waals surface area contributed by atoms with E-state index in [9.17, 15) is 0 Å². The van der Waals surface area contributed by atoms with Gasteiger partial charge in [-0.05, 0) is 0 Å². The topological polar surface area (TPSA) is 0 Å². The standard InChI is InChI=1S/2C21H27Si2.C3H8Si.2CH3.Hf/c2*1-22(2,3)18-13-17(14-19(15-18)23(4,5)6)21-12-8-10-16-9-7-11-20(16)21;1-2-3-4;;;/h2*7-15H,1-6H3;4H,2-3H2,1H3;2*1H3;. The molecule has 0 nitrogen and oxygen atoms in total. The van der Waals surface area contributed by atoms with Crippen LogP contribution in [0.25, 0.3) is 34.4 Å². The van der Waals surface area contributed by atoms with Crippen LogP contribution in [-0.2, 0) is 17.1 Å². The van der Waals surface area contributed by atoms with Gasteiger partial charge >= 0.3 is 333 Å². The maximum absolute atomic E-state index is 3.79. The Kier molecular flexibility index (Phi) is 10.9. The van der Waals surface area contributed by atoms with Crippen molar-refractivity contribution < 1.29 is 17.1 Å². The van der Waals surface area contributed by atoms with Crippen molar-refractivity contribution in [1.82, 2.24) is 0 Å². The van der Waals surface area contributed by atoms with Crippen molar-refractivity contribution in [3.8, 4) is 22.3 Å². The Morgan fingerprint density at radius 2 is 0.849 bits per heavy atom. The number of hydrogen-bond donors (Lipinski definition) is 0. The van der Waals surface area contributed by atoms with Crippen LogP contribution >= 0.6 is 0 Å². The van der Waals surface area contributed by atoms with Gasteiger partial charge in [-0.25, -0.2) is 0 Å². The Morgan fingerprint density at radius 3 is 1.15 bits per heavy atom. The summed E-state index contributed by atoms with van der Waals surface area (Å²) in [6.07, 6.45) is 12.2. The predicted molar refractivity (Wildman–Crippen MR) is 253 cm³/mol. The molecular formula is C47H68HfSi5. The van der Waals surface area contributed by atoms with E-state index in [1.54, 1.807) is 31.9 Å². The van der Waals surface area contributed by atoms with Gasteiger partial charge in [0.05, 0.1) is 0 Å². The molecule has 0 heterocycles. The van der Waals surface area contributed by atoms with Gasteiger partial charge in [-0.3, -0.25) is 0 Å². The van der Waals surface area contributed by atoms with Crippen LogP contribution in [0.15, 0.2) is 84.9 Å². The van der Waals surface area contributed by atoms with Gasteiger partial charge in [0.25, 0.3) is 0 Å². The fraction of sp³-hybridized carbons (Fsp3) is 0.404. The van der Waals surface area contributed by atoms with E-state index in [2.05, 4.69) is 192 Å². The molecule has 0 spiro atoms. The quantitative estimate of drug-likeness (QED) is 0.139. The third kappa shape index (κ3) is 7.85. The van der Waals surface area contributed by atoms with Gasteiger partial charge < -0.3 is 0 Å². The molecule has 2 aliphatic carbocycles. The fourth-order valence-corrected chi connectivity index (χ4v) is 54.3. The van der Waals surface area contributed by atoms with Gasteiger partial charge in [-0.2, -0.15) is 0 Å². The Balaban J connectivity index is 1.51. The minimum atomic E-state index is -3.79. The van der Waals surface area contributed by atoms with E-state index in [1.165, 1.54) is 45.8 Å². The van der Waals surface area contributed by atoms with Gasteiger partial charge in [0.1, 0.15) is 0 Å². The molecular weight excluding hydrogens is 883 g/mol. The first-order valence-electron chi connectivity index (χ1n) is 20.4. The summed E-state index contributed by atoms with van der Waals surface area (Å²) in [7, 11) is -5.98. The van der Waals surface area contributed by atoms with Crippen LogP contribution in [-0.4, -0.2) is 38.5 Å². The predicted octanol–water partition coefficient (Wildman–Crippen LogP) is 12.0. The van der Waals surface area contributed by atoms with Gasteiger partial charge in [-0.15, -0.1) is 0 Å². The molecule has 0 aromatic heterocycles. The van der Waals surface area contributed by atoms with Gasteiger partial charge in [0, 0.05) is 0 Å². The monoisotopic (exact) mass is 952 g/mol. The van der Waals surface area contributed by atoms with E-state index in [1.807, 2.05) is 0 Å². The summed E-state index contributed by atoms with van der Waals surface area (Å²) in [4.78, 5) is 0. The summed E-state index contributed by atoms with van der Waals surface area (Å²) in [6.45, 7) is 32.5. The van der Waals surface area contributed by atoms with E-state index >= 15 is 0 Å². The molecule has 53 heavy (non-hydrogen) atoms. The molecule has 2 atom stereocenters. The molecule has 0 radical (unpaired) electrons. The Bertz CT molecular complexity index is 1990. The Labute approximate surface area is 330 Å². The van der Waals surface area contributed by atoms with Crippen molar-refractivity contribution >= 4 is 71.4 Å². The summed E-state index contributed by atoms with van der Waals surface area (Å²) >= 11 is -3.79. The van der Waals surface area contributed by atoms with E-state index in [0.29, 0.717) is 13.6 Å². The zero-order valence-corrected chi connectivity index (χ0v) is 44.6. The van der Waals surface area contributed by atoms with Crippen LogP contribution < -0.4 is 20.7 Å². The zero-order chi connectivity index (χ0) is 39.0. The molecule has 6 heteroatoms. The zero-order valence-electron chi connectivity index (χ0n) is 35.9. The van der Waals surface area contributed by atoms with E-state index in [-0.39, 0.29) is 0 Å². The molecule has 0 bridgehead atoms. The third-order valence-electron chi connectivity index (χ3n) is 12.9. The van der Waals surface area contributed by atoms with Crippen LogP contribution in [0.5, 0.6) is 0 Å². The van der Waals surface area contributed by atoms with E-state index < -0.39 is 49.4 Å². The van der Waals surface area contributed by atoms with Crippen LogP contribution in [0, 0.1) is 0 Å². The first kappa shape index (κ1) is 41.0. The summed E-state index contributed by atoms with van der Waals surface area (Å²) in [5, 5.41) is 6.40. The maximum atomic E-state index is 2.89. The number of benzene rings is 4. The SMILES string of the molecule is CCC[SiH]=[Hf]([CH3])([CH3])([CH]1C=Cc2c(-c3cc([Si](C)(C)C)cc([Si](C)(C)C)c3)cccc21)[CH]1C=Cc2c(-c3cc([Si](C)(C)C)cc([Si](C)(C)C)c3)cccc21. The van der Waals surface area contributed by atoms with Gasteiger partial charge in [0.15, 0.2) is 0 Å². The first-order chi connectivity index (χ1) is 24.4. The first-order valence-corrected chi connectivity index (χ1v) is 53.4. The van der Waals surface area contributed by atoms with Crippen molar-refractivity contribution in [3.05, 3.63) is 107 Å². The molecule has 0 aliphatic heterocycles. The second-order valence-electron chi connectivity index (χ2n) is 21.6. The average Bonchev–Trinajstić information content (AvgIpc) is 3.72. The molecule has 0 saturated carbocycles.